The molecule has 0 aliphatic rings. The summed E-state index contributed by atoms with van der Waals surface area (Å²) in [5, 5.41) is 2.50. The molecule has 116 valence electrons. The van der Waals surface area contributed by atoms with E-state index in [2.05, 4.69) is 11.9 Å². The van der Waals surface area contributed by atoms with E-state index in [-0.39, 0.29) is 31.1 Å². The molecule has 0 saturated carbocycles. The summed E-state index contributed by atoms with van der Waals surface area (Å²) in [6, 6.07) is 2.75. The second-order valence-electron chi connectivity index (χ2n) is 4.28. The summed E-state index contributed by atoms with van der Waals surface area (Å²) < 4.78 is 50.4. The smallest absolute Gasteiger partial charge is 0.232 e. The van der Waals surface area contributed by atoms with E-state index in [1.165, 1.54) is 6.08 Å². The van der Waals surface area contributed by atoms with Gasteiger partial charge in [-0.15, -0.1) is 6.58 Å². The SMILES string of the molecule is C=CCNC(=O)CCN(c1ccc(F)c(F)c1)S(C)(=O)=O. The minimum absolute atomic E-state index is 0.0343. The number of anilines is 1. The van der Waals surface area contributed by atoms with E-state index < -0.39 is 21.7 Å². The van der Waals surface area contributed by atoms with Crippen LogP contribution in [0.4, 0.5) is 14.5 Å². The Kier molecular flexibility index (Phi) is 5.83. The highest BCUT2D eigenvalue weighted by Crippen LogP contribution is 2.20. The normalized spacial score (nSPS) is 11.0. The van der Waals surface area contributed by atoms with Gasteiger partial charge in [0.2, 0.25) is 15.9 Å². The largest absolute Gasteiger partial charge is 0.353 e. The van der Waals surface area contributed by atoms with Gasteiger partial charge in [-0.05, 0) is 12.1 Å². The van der Waals surface area contributed by atoms with E-state index in [0.29, 0.717) is 0 Å². The monoisotopic (exact) mass is 318 g/mol. The fourth-order valence-corrected chi connectivity index (χ4v) is 2.52. The predicted molar refractivity (Wildman–Crippen MR) is 76.4 cm³/mol. The zero-order chi connectivity index (χ0) is 16.0. The van der Waals surface area contributed by atoms with Crippen LogP contribution in [0.1, 0.15) is 6.42 Å². The van der Waals surface area contributed by atoms with Crippen LogP contribution in [0.15, 0.2) is 30.9 Å². The van der Waals surface area contributed by atoms with Gasteiger partial charge in [0.1, 0.15) is 0 Å². The molecular weight excluding hydrogens is 302 g/mol. The molecule has 1 aromatic carbocycles. The fraction of sp³-hybridized carbons (Fsp3) is 0.308. The summed E-state index contributed by atoms with van der Waals surface area (Å²) in [6.07, 6.45) is 2.30. The molecule has 1 aromatic rings. The van der Waals surface area contributed by atoms with Crippen molar-refractivity contribution in [1.82, 2.24) is 5.32 Å². The van der Waals surface area contributed by atoms with Gasteiger partial charge in [-0.1, -0.05) is 6.08 Å². The molecule has 0 unspecified atom stereocenters. The van der Waals surface area contributed by atoms with Crippen LogP contribution in [0.2, 0.25) is 0 Å². The van der Waals surface area contributed by atoms with E-state index in [1.807, 2.05) is 0 Å². The Morgan fingerprint density at radius 1 is 1.38 bits per heavy atom. The van der Waals surface area contributed by atoms with Crippen molar-refractivity contribution in [2.45, 2.75) is 6.42 Å². The van der Waals surface area contributed by atoms with E-state index >= 15 is 0 Å². The van der Waals surface area contributed by atoms with Crippen LogP contribution in [0.3, 0.4) is 0 Å². The van der Waals surface area contributed by atoms with Crippen LogP contribution in [0.5, 0.6) is 0 Å². The van der Waals surface area contributed by atoms with Crippen LogP contribution in [0, 0.1) is 11.6 Å². The number of benzene rings is 1. The quantitative estimate of drug-likeness (QED) is 0.773. The van der Waals surface area contributed by atoms with Crippen LogP contribution < -0.4 is 9.62 Å². The third-order valence-corrected chi connectivity index (χ3v) is 3.77. The maximum Gasteiger partial charge on any atom is 0.232 e. The van der Waals surface area contributed by atoms with E-state index in [0.717, 1.165) is 28.8 Å². The second kappa shape index (κ2) is 7.16. The highest BCUT2D eigenvalue weighted by molar-refractivity contribution is 7.92. The van der Waals surface area contributed by atoms with Crippen molar-refractivity contribution in [1.29, 1.82) is 0 Å². The molecule has 5 nitrogen and oxygen atoms in total. The van der Waals surface area contributed by atoms with Crippen molar-refractivity contribution in [2.24, 2.45) is 0 Å². The lowest BCUT2D eigenvalue weighted by Gasteiger charge is -2.22. The lowest BCUT2D eigenvalue weighted by molar-refractivity contribution is -0.120. The maximum absolute atomic E-state index is 13.2. The van der Waals surface area contributed by atoms with Gasteiger partial charge >= 0.3 is 0 Å². The average Bonchev–Trinajstić information content (AvgIpc) is 2.39. The number of halogens is 2. The van der Waals surface area contributed by atoms with Gasteiger partial charge in [0.05, 0.1) is 11.9 Å². The summed E-state index contributed by atoms with van der Waals surface area (Å²) in [4.78, 5) is 11.5. The Morgan fingerprint density at radius 2 is 2.05 bits per heavy atom. The average molecular weight is 318 g/mol. The summed E-state index contributed by atoms with van der Waals surface area (Å²) >= 11 is 0. The van der Waals surface area contributed by atoms with Crippen molar-refractivity contribution in [3.63, 3.8) is 0 Å². The van der Waals surface area contributed by atoms with Crippen molar-refractivity contribution < 1.29 is 22.0 Å². The number of hydrogen-bond donors (Lipinski definition) is 1. The number of sulfonamides is 1. The fourth-order valence-electron chi connectivity index (χ4n) is 1.60. The molecule has 0 saturated heterocycles. The molecule has 0 bridgehead atoms. The standard InChI is InChI=1S/C13H16F2N2O3S/c1-3-7-16-13(18)6-8-17(21(2,19)20)10-4-5-11(14)12(15)9-10/h3-5,9H,1,6-8H2,2H3,(H,16,18). The summed E-state index contributed by atoms with van der Waals surface area (Å²) in [5.41, 5.74) is -0.0343. The first kappa shape index (κ1) is 17.1. The minimum Gasteiger partial charge on any atom is -0.353 e. The zero-order valence-corrected chi connectivity index (χ0v) is 12.3. The Labute approximate surface area is 122 Å². The van der Waals surface area contributed by atoms with Gasteiger partial charge in [-0.2, -0.15) is 0 Å². The molecule has 21 heavy (non-hydrogen) atoms. The summed E-state index contributed by atoms with van der Waals surface area (Å²) in [6.45, 7) is 3.53. The summed E-state index contributed by atoms with van der Waals surface area (Å²) in [7, 11) is -3.72. The van der Waals surface area contributed by atoms with Crippen molar-refractivity contribution in [2.75, 3.05) is 23.7 Å². The first-order chi connectivity index (χ1) is 9.75. The third kappa shape index (κ3) is 5.14. The molecule has 0 fully saturated rings. The number of amides is 1. The van der Waals surface area contributed by atoms with Gasteiger partial charge < -0.3 is 5.32 Å². The van der Waals surface area contributed by atoms with Crippen LogP contribution in [-0.4, -0.2) is 33.7 Å². The molecule has 0 spiro atoms. The van der Waals surface area contributed by atoms with Crippen LogP contribution >= 0.6 is 0 Å². The molecule has 1 amide bonds. The van der Waals surface area contributed by atoms with Crippen molar-refractivity contribution in [3.05, 3.63) is 42.5 Å². The molecule has 1 rings (SSSR count). The Hall–Kier alpha value is -1.96. The molecule has 0 atom stereocenters. The number of nitrogens with zero attached hydrogens (tertiary/aromatic N) is 1. The molecule has 0 aliphatic carbocycles. The molecule has 0 heterocycles. The third-order valence-electron chi connectivity index (χ3n) is 2.58. The van der Waals surface area contributed by atoms with Gasteiger partial charge in [-0.25, -0.2) is 17.2 Å². The predicted octanol–water partition coefficient (Wildman–Crippen LogP) is 1.42. The zero-order valence-electron chi connectivity index (χ0n) is 11.5. The van der Waals surface area contributed by atoms with Crippen LogP contribution in [-0.2, 0) is 14.8 Å². The Bertz CT molecular complexity index is 632. The first-order valence-electron chi connectivity index (χ1n) is 6.06. The summed E-state index contributed by atoms with van der Waals surface area (Å²) in [5.74, 6) is -2.60. The van der Waals surface area contributed by atoms with Gasteiger partial charge in [-0.3, -0.25) is 9.10 Å². The molecule has 0 aromatic heterocycles. The van der Waals surface area contributed by atoms with E-state index in [9.17, 15) is 22.0 Å². The lowest BCUT2D eigenvalue weighted by atomic mass is 10.3. The molecule has 8 heteroatoms. The Morgan fingerprint density at radius 3 is 2.57 bits per heavy atom. The van der Waals surface area contributed by atoms with Gasteiger partial charge in [0, 0.05) is 25.6 Å². The van der Waals surface area contributed by atoms with E-state index in [4.69, 9.17) is 0 Å². The van der Waals surface area contributed by atoms with Crippen LogP contribution in [0.25, 0.3) is 0 Å². The second-order valence-corrected chi connectivity index (χ2v) is 6.18. The number of nitrogens with one attached hydrogen (secondary N) is 1. The van der Waals surface area contributed by atoms with E-state index in [1.54, 1.807) is 0 Å². The first-order valence-corrected chi connectivity index (χ1v) is 7.91. The molecule has 0 radical (unpaired) electrons. The molecule has 1 N–H and O–H groups in total. The highest BCUT2D eigenvalue weighted by atomic mass is 32.2. The topological polar surface area (TPSA) is 66.5 Å². The lowest BCUT2D eigenvalue weighted by Crippen LogP contribution is -2.34. The molecule has 0 aliphatic heterocycles. The number of rotatable bonds is 7. The van der Waals surface area contributed by atoms with Gasteiger partial charge in [0.15, 0.2) is 11.6 Å². The van der Waals surface area contributed by atoms with Crippen molar-refractivity contribution >= 4 is 21.6 Å². The molecular formula is C13H16F2N2O3S. The maximum atomic E-state index is 13.2. The highest BCUT2D eigenvalue weighted by Gasteiger charge is 2.19. The number of carbonyl (C=O) groups excluding carboxylic acids is 1. The Balaban J connectivity index is 2.89. The minimum atomic E-state index is -3.72. The number of hydrogen-bond acceptors (Lipinski definition) is 3. The van der Waals surface area contributed by atoms with Crippen molar-refractivity contribution in [3.8, 4) is 0 Å². The number of carbonyl (C=O) groups is 1. The van der Waals surface area contributed by atoms with Gasteiger partial charge in [0.25, 0.3) is 0 Å².